The summed E-state index contributed by atoms with van der Waals surface area (Å²) in [6, 6.07) is 0. The van der Waals surface area contributed by atoms with Gasteiger partial charge in [0, 0.05) is 5.38 Å². The highest BCUT2D eigenvalue weighted by Crippen LogP contribution is 2.20. The summed E-state index contributed by atoms with van der Waals surface area (Å²) in [5.74, 6) is 1.14. The molecule has 0 spiro atoms. The topological polar surface area (TPSA) is 109 Å². The molecule has 80 valence electrons. The van der Waals surface area contributed by atoms with Crippen molar-refractivity contribution in [3.05, 3.63) is 17.2 Å². The monoisotopic (exact) mass is 233 g/mol. The largest absolute Gasteiger partial charge is 0.382 e. The molecule has 0 aromatic carbocycles. The molecular weight excluding hydrogens is 226 g/mol. The van der Waals surface area contributed by atoms with E-state index in [1.807, 2.05) is 5.38 Å². The second-order valence-electron chi connectivity index (χ2n) is 3.10. The second kappa shape index (κ2) is 3.14. The van der Waals surface area contributed by atoms with E-state index in [2.05, 4.69) is 19.9 Å². The predicted molar refractivity (Wildman–Crippen MR) is 61.2 cm³/mol. The highest BCUT2D eigenvalue weighted by Gasteiger charge is 2.11. The molecule has 0 saturated heterocycles. The van der Waals surface area contributed by atoms with E-state index in [1.165, 1.54) is 11.3 Å². The summed E-state index contributed by atoms with van der Waals surface area (Å²) in [5, 5.41) is 1.88. The zero-order chi connectivity index (χ0) is 11.1. The van der Waals surface area contributed by atoms with Crippen molar-refractivity contribution in [3.8, 4) is 5.82 Å². The lowest BCUT2D eigenvalue weighted by molar-refractivity contribution is 1.02. The van der Waals surface area contributed by atoms with Crippen LogP contribution in [-0.2, 0) is 0 Å². The van der Waals surface area contributed by atoms with Crippen LogP contribution in [-0.4, -0.2) is 24.5 Å². The molecule has 3 aromatic heterocycles. The van der Waals surface area contributed by atoms with E-state index in [9.17, 15) is 0 Å². The van der Waals surface area contributed by atoms with Crippen LogP contribution in [0.2, 0.25) is 0 Å². The maximum absolute atomic E-state index is 5.70. The molecule has 0 fully saturated rings. The Bertz CT molecular complexity index is 642. The van der Waals surface area contributed by atoms with Crippen molar-refractivity contribution in [1.29, 1.82) is 0 Å². The zero-order valence-electron chi connectivity index (χ0n) is 8.03. The molecule has 0 unspecified atom stereocenters. The van der Waals surface area contributed by atoms with Crippen molar-refractivity contribution in [2.75, 3.05) is 11.5 Å². The average molecular weight is 233 g/mol. The number of hydrogen-bond donors (Lipinski definition) is 2. The van der Waals surface area contributed by atoms with Crippen molar-refractivity contribution in [3.63, 3.8) is 0 Å². The highest BCUT2D eigenvalue weighted by atomic mass is 32.1. The number of imidazole rings is 1. The molecule has 0 amide bonds. The predicted octanol–water partition coefficient (Wildman–Crippen LogP) is 0.436. The van der Waals surface area contributed by atoms with Crippen LogP contribution in [0.3, 0.4) is 0 Å². The first kappa shape index (κ1) is 9.04. The van der Waals surface area contributed by atoms with Crippen LogP contribution in [0.4, 0.5) is 11.8 Å². The maximum atomic E-state index is 5.70. The van der Waals surface area contributed by atoms with Gasteiger partial charge in [0.2, 0.25) is 5.95 Å². The van der Waals surface area contributed by atoms with Crippen molar-refractivity contribution >= 4 is 34.3 Å². The van der Waals surface area contributed by atoms with Gasteiger partial charge in [-0.2, -0.15) is 9.97 Å². The summed E-state index contributed by atoms with van der Waals surface area (Å²) in [4.78, 5) is 16.3. The van der Waals surface area contributed by atoms with Gasteiger partial charge >= 0.3 is 0 Å². The van der Waals surface area contributed by atoms with Crippen LogP contribution in [0.1, 0.15) is 0 Å². The minimum Gasteiger partial charge on any atom is -0.382 e. The van der Waals surface area contributed by atoms with Crippen LogP contribution >= 0.6 is 11.3 Å². The van der Waals surface area contributed by atoms with Gasteiger partial charge in [0.1, 0.15) is 6.33 Å². The van der Waals surface area contributed by atoms with E-state index in [1.54, 1.807) is 16.4 Å². The maximum Gasteiger partial charge on any atom is 0.224 e. The number of anilines is 2. The van der Waals surface area contributed by atoms with Crippen molar-refractivity contribution in [2.45, 2.75) is 0 Å². The summed E-state index contributed by atoms with van der Waals surface area (Å²) < 4.78 is 1.72. The van der Waals surface area contributed by atoms with Crippen LogP contribution in [0.25, 0.3) is 17.0 Å². The number of aromatic nitrogens is 5. The van der Waals surface area contributed by atoms with E-state index in [0.29, 0.717) is 11.2 Å². The molecule has 3 rings (SSSR count). The van der Waals surface area contributed by atoms with E-state index in [-0.39, 0.29) is 11.8 Å². The lowest BCUT2D eigenvalue weighted by Gasteiger charge is -2.00. The Morgan fingerprint density at radius 3 is 2.81 bits per heavy atom. The number of nitrogens with two attached hydrogens (primary N) is 2. The molecule has 0 saturated carbocycles. The Labute approximate surface area is 93.8 Å². The Hall–Kier alpha value is -2.22. The first-order valence-corrected chi connectivity index (χ1v) is 5.34. The molecule has 3 aromatic rings. The fourth-order valence-electron chi connectivity index (χ4n) is 1.43. The van der Waals surface area contributed by atoms with Gasteiger partial charge in [-0.25, -0.2) is 9.97 Å². The van der Waals surface area contributed by atoms with Gasteiger partial charge in [0.05, 0.1) is 5.51 Å². The molecular formula is C8H7N7S. The summed E-state index contributed by atoms with van der Waals surface area (Å²) in [5.41, 5.74) is 14.1. The van der Waals surface area contributed by atoms with Crippen molar-refractivity contribution < 1.29 is 0 Å². The van der Waals surface area contributed by atoms with E-state index in [4.69, 9.17) is 11.5 Å². The molecule has 4 N–H and O–H groups in total. The van der Waals surface area contributed by atoms with Gasteiger partial charge < -0.3 is 11.5 Å². The molecule has 0 atom stereocenters. The summed E-state index contributed by atoms with van der Waals surface area (Å²) in [7, 11) is 0. The van der Waals surface area contributed by atoms with Crippen molar-refractivity contribution in [1.82, 2.24) is 24.5 Å². The minimum atomic E-state index is 0.127. The van der Waals surface area contributed by atoms with Crippen molar-refractivity contribution in [2.24, 2.45) is 0 Å². The molecule has 0 aliphatic heterocycles. The molecule has 3 heterocycles. The first-order chi connectivity index (χ1) is 7.75. The molecule has 7 nitrogen and oxygen atoms in total. The smallest absolute Gasteiger partial charge is 0.224 e. The van der Waals surface area contributed by atoms with Gasteiger partial charge in [-0.15, -0.1) is 11.3 Å². The number of nitrogens with zero attached hydrogens (tertiary/aromatic N) is 5. The van der Waals surface area contributed by atoms with Gasteiger partial charge in [-0.3, -0.25) is 4.57 Å². The molecule has 8 heteroatoms. The summed E-state index contributed by atoms with van der Waals surface area (Å²) in [6.07, 6.45) is 1.60. The second-order valence-corrected chi connectivity index (χ2v) is 3.82. The fourth-order valence-corrected chi connectivity index (χ4v) is 1.96. The summed E-state index contributed by atoms with van der Waals surface area (Å²) >= 11 is 1.49. The Morgan fingerprint density at radius 2 is 2.06 bits per heavy atom. The third-order valence-corrected chi connectivity index (χ3v) is 2.68. The lowest BCUT2D eigenvalue weighted by Crippen LogP contribution is -2.02. The number of fused-ring (bicyclic) bond motifs is 1. The minimum absolute atomic E-state index is 0.127. The van der Waals surface area contributed by atoms with Gasteiger partial charge in [-0.05, 0) is 0 Å². The van der Waals surface area contributed by atoms with E-state index >= 15 is 0 Å². The Morgan fingerprint density at radius 1 is 1.19 bits per heavy atom. The Balaban J connectivity index is 2.35. The molecule has 0 bridgehead atoms. The first-order valence-electron chi connectivity index (χ1n) is 4.40. The zero-order valence-corrected chi connectivity index (χ0v) is 8.85. The van der Waals surface area contributed by atoms with Crippen LogP contribution in [0.5, 0.6) is 0 Å². The van der Waals surface area contributed by atoms with Crippen LogP contribution in [0.15, 0.2) is 17.2 Å². The van der Waals surface area contributed by atoms with E-state index < -0.39 is 0 Å². The summed E-state index contributed by atoms with van der Waals surface area (Å²) in [6.45, 7) is 0. The quantitative estimate of drug-likeness (QED) is 0.631. The third kappa shape index (κ3) is 1.20. The number of rotatable bonds is 1. The lowest BCUT2D eigenvalue weighted by atomic mass is 10.5. The van der Waals surface area contributed by atoms with Crippen LogP contribution in [0, 0.1) is 0 Å². The highest BCUT2D eigenvalue weighted by molar-refractivity contribution is 7.07. The Kier molecular flexibility index (Phi) is 1.77. The van der Waals surface area contributed by atoms with Gasteiger partial charge in [0.15, 0.2) is 22.8 Å². The molecule has 0 radical (unpaired) electrons. The van der Waals surface area contributed by atoms with Gasteiger partial charge in [0.25, 0.3) is 0 Å². The molecule has 16 heavy (non-hydrogen) atoms. The number of thiazole rings is 1. The standard InChI is InChI=1S/C8H7N7S/c9-6-5-7(14-8(10)13-6)15(2-11-5)4-1-16-3-12-4/h1-3H,(H4,9,10,13,14). The number of hydrogen-bond acceptors (Lipinski definition) is 7. The third-order valence-electron chi connectivity index (χ3n) is 2.11. The fraction of sp³-hybridized carbons (Fsp3) is 0. The van der Waals surface area contributed by atoms with Crippen LogP contribution < -0.4 is 11.5 Å². The van der Waals surface area contributed by atoms with Gasteiger partial charge in [-0.1, -0.05) is 0 Å². The number of nitrogen functional groups attached to an aromatic ring is 2. The normalized spacial score (nSPS) is 11.0. The molecule has 0 aliphatic rings. The average Bonchev–Trinajstić information content (AvgIpc) is 2.83. The van der Waals surface area contributed by atoms with E-state index in [0.717, 1.165) is 5.82 Å². The SMILES string of the molecule is Nc1nc(N)c2ncn(-c3cscn3)c2n1. The molecule has 0 aliphatic carbocycles.